The van der Waals surface area contributed by atoms with E-state index in [9.17, 15) is 9.59 Å². The molecule has 0 saturated carbocycles. The second kappa shape index (κ2) is 6.95. The van der Waals surface area contributed by atoms with E-state index in [4.69, 9.17) is 21.1 Å². The highest BCUT2D eigenvalue weighted by Crippen LogP contribution is 2.25. The number of benzene rings is 2. The second-order valence-electron chi connectivity index (χ2n) is 4.42. The van der Waals surface area contributed by atoms with Crippen LogP contribution in [0, 0.1) is 0 Å². The number of esters is 1. The number of carbonyl (C=O) groups excluding carboxylic acids is 2. The standard InChI is InChI=1S/C16H14ClNO4/c1-10(19)22-13-5-3-4-12(9-13)18-16(20)11-6-7-15(21-2)14(17)8-11/h3-9H,1-2H3,(H,18,20). The van der Waals surface area contributed by atoms with E-state index >= 15 is 0 Å². The lowest BCUT2D eigenvalue weighted by Crippen LogP contribution is -2.12. The van der Waals surface area contributed by atoms with Crippen molar-refractivity contribution in [3.05, 3.63) is 53.1 Å². The summed E-state index contributed by atoms with van der Waals surface area (Å²) in [5, 5.41) is 3.06. The lowest BCUT2D eigenvalue weighted by Gasteiger charge is -2.09. The Morgan fingerprint density at radius 3 is 2.55 bits per heavy atom. The van der Waals surface area contributed by atoms with E-state index in [2.05, 4.69) is 5.32 Å². The van der Waals surface area contributed by atoms with Gasteiger partial charge in [0, 0.05) is 24.2 Å². The number of ether oxygens (including phenoxy) is 2. The first kappa shape index (κ1) is 15.9. The fraction of sp³-hybridized carbons (Fsp3) is 0.125. The summed E-state index contributed by atoms with van der Waals surface area (Å²) < 4.78 is 10.0. The van der Waals surface area contributed by atoms with Crippen LogP contribution in [0.25, 0.3) is 0 Å². The quantitative estimate of drug-likeness (QED) is 0.691. The predicted molar refractivity (Wildman–Crippen MR) is 83.7 cm³/mol. The van der Waals surface area contributed by atoms with Crippen LogP contribution in [0.3, 0.4) is 0 Å². The van der Waals surface area contributed by atoms with Gasteiger partial charge in [-0.1, -0.05) is 17.7 Å². The van der Waals surface area contributed by atoms with Crippen LogP contribution in [0.15, 0.2) is 42.5 Å². The van der Waals surface area contributed by atoms with E-state index in [0.29, 0.717) is 27.8 Å². The molecule has 0 aliphatic carbocycles. The highest BCUT2D eigenvalue weighted by molar-refractivity contribution is 6.32. The topological polar surface area (TPSA) is 64.6 Å². The lowest BCUT2D eigenvalue weighted by atomic mass is 10.2. The summed E-state index contributed by atoms with van der Waals surface area (Å²) in [6.07, 6.45) is 0. The smallest absolute Gasteiger partial charge is 0.308 e. The molecule has 0 heterocycles. The van der Waals surface area contributed by atoms with Gasteiger partial charge in [0.15, 0.2) is 0 Å². The molecule has 5 nitrogen and oxygen atoms in total. The molecule has 0 aliphatic rings. The van der Waals surface area contributed by atoms with Crippen molar-refractivity contribution in [3.8, 4) is 11.5 Å². The lowest BCUT2D eigenvalue weighted by molar-refractivity contribution is -0.131. The Balaban J connectivity index is 2.15. The Kier molecular flexibility index (Phi) is 5.01. The Labute approximate surface area is 132 Å². The van der Waals surface area contributed by atoms with Crippen molar-refractivity contribution < 1.29 is 19.1 Å². The number of carbonyl (C=O) groups is 2. The van der Waals surface area contributed by atoms with E-state index in [1.807, 2.05) is 0 Å². The third kappa shape index (κ3) is 3.99. The minimum atomic E-state index is -0.426. The number of nitrogens with one attached hydrogen (secondary N) is 1. The van der Waals surface area contributed by atoms with Gasteiger partial charge < -0.3 is 14.8 Å². The molecule has 0 unspecified atom stereocenters. The average Bonchev–Trinajstić information content (AvgIpc) is 2.46. The normalized spacial score (nSPS) is 9.95. The maximum absolute atomic E-state index is 12.2. The molecule has 0 spiro atoms. The van der Waals surface area contributed by atoms with Gasteiger partial charge in [-0.05, 0) is 30.3 Å². The summed E-state index contributed by atoms with van der Waals surface area (Å²) in [5.74, 6) is 0.100. The monoisotopic (exact) mass is 319 g/mol. The Bertz CT molecular complexity index is 715. The molecule has 2 rings (SSSR count). The maximum atomic E-state index is 12.2. The number of hydrogen-bond acceptors (Lipinski definition) is 4. The largest absolute Gasteiger partial charge is 0.495 e. The van der Waals surface area contributed by atoms with Crippen LogP contribution in [0.4, 0.5) is 5.69 Å². The second-order valence-corrected chi connectivity index (χ2v) is 4.83. The fourth-order valence-electron chi connectivity index (χ4n) is 1.81. The third-order valence-electron chi connectivity index (χ3n) is 2.77. The van der Waals surface area contributed by atoms with Crippen LogP contribution >= 0.6 is 11.6 Å². The minimum absolute atomic E-state index is 0.329. The Morgan fingerprint density at radius 2 is 1.91 bits per heavy atom. The zero-order chi connectivity index (χ0) is 16.1. The van der Waals surface area contributed by atoms with Gasteiger partial charge in [0.2, 0.25) is 0 Å². The van der Waals surface area contributed by atoms with Crippen LogP contribution in [0.2, 0.25) is 5.02 Å². The molecule has 22 heavy (non-hydrogen) atoms. The van der Waals surface area contributed by atoms with Gasteiger partial charge in [0.05, 0.1) is 12.1 Å². The van der Waals surface area contributed by atoms with Crippen molar-refractivity contribution in [3.63, 3.8) is 0 Å². The molecule has 1 N–H and O–H groups in total. The van der Waals surface area contributed by atoms with Crippen LogP contribution in [-0.2, 0) is 4.79 Å². The van der Waals surface area contributed by atoms with Gasteiger partial charge in [0.1, 0.15) is 11.5 Å². The zero-order valence-corrected chi connectivity index (χ0v) is 12.8. The molecule has 0 aliphatic heterocycles. The van der Waals surface area contributed by atoms with Gasteiger partial charge in [-0.2, -0.15) is 0 Å². The first-order chi connectivity index (χ1) is 10.5. The summed E-state index contributed by atoms with van der Waals surface area (Å²) >= 11 is 6.00. The molecule has 114 valence electrons. The number of amides is 1. The van der Waals surface area contributed by atoms with Crippen molar-refractivity contribution in [2.75, 3.05) is 12.4 Å². The molecule has 0 fully saturated rings. The first-order valence-corrected chi connectivity index (χ1v) is 6.81. The number of rotatable bonds is 4. The molecule has 0 radical (unpaired) electrons. The minimum Gasteiger partial charge on any atom is -0.495 e. The summed E-state index contributed by atoms with van der Waals surface area (Å²) in [6.45, 7) is 1.31. The summed E-state index contributed by atoms with van der Waals surface area (Å²) in [7, 11) is 1.50. The van der Waals surface area contributed by atoms with E-state index in [0.717, 1.165) is 0 Å². The van der Waals surface area contributed by atoms with Crippen molar-refractivity contribution in [2.24, 2.45) is 0 Å². The van der Waals surface area contributed by atoms with Crippen molar-refractivity contribution in [1.29, 1.82) is 0 Å². The van der Waals surface area contributed by atoms with Gasteiger partial charge in [0.25, 0.3) is 5.91 Å². The van der Waals surface area contributed by atoms with Crippen molar-refractivity contribution in [2.45, 2.75) is 6.92 Å². The number of halogens is 1. The van der Waals surface area contributed by atoms with E-state index < -0.39 is 5.97 Å². The highest BCUT2D eigenvalue weighted by atomic mass is 35.5. The number of hydrogen-bond donors (Lipinski definition) is 1. The van der Waals surface area contributed by atoms with Gasteiger partial charge >= 0.3 is 5.97 Å². The van der Waals surface area contributed by atoms with Crippen LogP contribution in [0.1, 0.15) is 17.3 Å². The van der Waals surface area contributed by atoms with E-state index in [1.165, 1.54) is 20.1 Å². The summed E-state index contributed by atoms with van der Waals surface area (Å²) in [4.78, 5) is 23.1. The summed E-state index contributed by atoms with van der Waals surface area (Å²) in [5.41, 5.74) is 0.902. The molecule has 1 amide bonds. The SMILES string of the molecule is COc1ccc(C(=O)Nc2cccc(OC(C)=O)c2)cc1Cl. The van der Waals surface area contributed by atoms with E-state index in [-0.39, 0.29) is 5.91 Å². The van der Waals surface area contributed by atoms with Crippen molar-refractivity contribution >= 4 is 29.2 Å². The molecule has 6 heteroatoms. The third-order valence-corrected chi connectivity index (χ3v) is 3.06. The number of methoxy groups -OCH3 is 1. The van der Waals surface area contributed by atoms with Crippen LogP contribution < -0.4 is 14.8 Å². The molecular weight excluding hydrogens is 306 g/mol. The van der Waals surface area contributed by atoms with Crippen molar-refractivity contribution in [1.82, 2.24) is 0 Å². The molecule has 0 aromatic heterocycles. The Hall–Kier alpha value is -2.53. The van der Waals surface area contributed by atoms with Gasteiger partial charge in [-0.15, -0.1) is 0 Å². The fourth-order valence-corrected chi connectivity index (χ4v) is 2.07. The molecular formula is C16H14ClNO4. The average molecular weight is 320 g/mol. The maximum Gasteiger partial charge on any atom is 0.308 e. The number of anilines is 1. The first-order valence-electron chi connectivity index (χ1n) is 6.43. The van der Waals surface area contributed by atoms with Gasteiger partial charge in [-0.25, -0.2) is 0 Å². The van der Waals surface area contributed by atoms with Gasteiger partial charge in [-0.3, -0.25) is 9.59 Å². The predicted octanol–water partition coefficient (Wildman–Crippen LogP) is 3.53. The highest BCUT2D eigenvalue weighted by Gasteiger charge is 2.10. The van der Waals surface area contributed by atoms with Crippen LogP contribution in [0.5, 0.6) is 11.5 Å². The van der Waals surface area contributed by atoms with E-state index in [1.54, 1.807) is 36.4 Å². The molecule has 0 bridgehead atoms. The molecule has 2 aromatic rings. The molecule has 0 atom stereocenters. The zero-order valence-electron chi connectivity index (χ0n) is 12.1. The summed E-state index contributed by atoms with van der Waals surface area (Å²) in [6, 6.07) is 11.3. The molecule has 0 saturated heterocycles. The van der Waals surface area contributed by atoms with Crippen LogP contribution in [-0.4, -0.2) is 19.0 Å². The molecule has 2 aromatic carbocycles. The Morgan fingerprint density at radius 1 is 1.14 bits per heavy atom.